The van der Waals surface area contributed by atoms with Crippen LogP contribution in [0.5, 0.6) is 0 Å². The topological polar surface area (TPSA) is 34.4 Å². The quantitative estimate of drug-likeness (QED) is 0.580. The maximum atomic E-state index is 12.2. The summed E-state index contributed by atoms with van der Waals surface area (Å²) < 4.78 is 3.00. The molecular weight excluding hydrogens is 363 g/mol. The molecule has 24 heavy (non-hydrogen) atoms. The minimum Gasteiger partial charge on any atom is -0.317 e. The normalized spacial score (nSPS) is 12.4. The van der Waals surface area contributed by atoms with Crippen LogP contribution < -0.4 is 4.80 Å². The summed E-state index contributed by atoms with van der Waals surface area (Å²) in [5.74, 6) is -0.324. The van der Waals surface area contributed by atoms with Crippen LogP contribution >= 0.6 is 34.5 Å². The number of carbonyl (C=O) groups excluding carboxylic acids is 1. The zero-order valence-electron chi connectivity index (χ0n) is 12.9. The van der Waals surface area contributed by atoms with Gasteiger partial charge in [-0.05, 0) is 42.8 Å². The molecule has 3 aromatic rings. The summed E-state index contributed by atoms with van der Waals surface area (Å²) in [6.07, 6.45) is 3.10. The SMILES string of the molecule is CCn1c(=NC(=O)C=Cc2ccccc2Cl)sc2cc(Cl)ccc21. The average molecular weight is 377 g/mol. The van der Waals surface area contributed by atoms with Crippen molar-refractivity contribution in [2.24, 2.45) is 4.99 Å². The average Bonchev–Trinajstić information content (AvgIpc) is 2.90. The third-order valence-corrected chi connectivity index (χ3v) is 5.10. The van der Waals surface area contributed by atoms with Gasteiger partial charge >= 0.3 is 0 Å². The van der Waals surface area contributed by atoms with Crippen LogP contribution in [0.3, 0.4) is 0 Å². The zero-order chi connectivity index (χ0) is 17.1. The van der Waals surface area contributed by atoms with Gasteiger partial charge in [-0.2, -0.15) is 4.99 Å². The number of aryl methyl sites for hydroxylation is 1. The minimum absolute atomic E-state index is 0.324. The molecule has 0 bridgehead atoms. The predicted octanol–water partition coefficient (Wildman–Crippen LogP) is 5.17. The number of hydrogen-bond acceptors (Lipinski definition) is 2. The van der Waals surface area contributed by atoms with E-state index >= 15 is 0 Å². The van der Waals surface area contributed by atoms with E-state index in [1.54, 1.807) is 12.1 Å². The first-order valence-corrected chi connectivity index (χ1v) is 8.96. The van der Waals surface area contributed by atoms with Crippen molar-refractivity contribution in [2.75, 3.05) is 0 Å². The van der Waals surface area contributed by atoms with E-state index in [2.05, 4.69) is 4.99 Å². The Morgan fingerprint density at radius 2 is 2.04 bits per heavy atom. The molecule has 6 heteroatoms. The smallest absolute Gasteiger partial charge is 0.272 e. The Labute approximate surface area is 153 Å². The number of halogens is 2. The number of carbonyl (C=O) groups is 1. The van der Waals surface area contributed by atoms with E-state index in [0.717, 1.165) is 22.3 Å². The van der Waals surface area contributed by atoms with Crippen molar-refractivity contribution < 1.29 is 4.79 Å². The van der Waals surface area contributed by atoms with Gasteiger partial charge in [-0.15, -0.1) is 0 Å². The van der Waals surface area contributed by atoms with Crippen LogP contribution in [0.15, 0.2) is 53.5 Å². The monoisotopic (exact) mass is 376 g/mol. The third kappa shape index (κ3) is 3.61. The van der Waals surface area contributed by atoms with Crippen LogP contribution in [0.1, 0.15) is 12.5 Å². The minimum atomic E-state index is -0.324. The summed E-state index contributed by atoms with van der Waals surface area (Å²) in [5.41, 5.74) is 1.81. The Morgan fingerprint density at radius 1 is 1.25 bits per heavy atom. The number of benzene rings is 2. The molecule has 0 atom stereocenters. The van der Waals surface area contributed by atoms with E-state index in [-0.39, 0.29) is 5.91 Å². The van der Waals surface area contributed by atoms with Gasteiger partial charge in [0, 0.05) is 22.7 Å². The number of amides is 1. The highest BCUT2D eigenvalue weighted by Gasteiger charge is 2.06. The first kappa shape index (κ1) is 17.0. The van der Waals surface area contributed by atoms with Gasteiger partial charge in [-0.25, -0.2) is 0 Å². The molecule has 1 aromatic heterocycles. The number of hydrogen-bond donors (Lipinski definition) is 0. The van der Waals surface area contributed by atoms with E-state index in [4.69, 9.17) is 23.2 Å². The third-order valence-electron chi connectivity index (χ3n) is 3.48. The lowest BCUT2D eigenvalue weighted by molar-refractivity contribution is -0.113. The summed E-state index contributed by atoms with van der Waals surface area (Å²) in [6, 6.07) is 13.0. The number of aromatic nitrogens is 1. The fourth-order valence-electron chi connectivity index (χ4n) is 2.34. The van der Waals surface area contributed by atoms with Crippen molar-refractivity contribution in [3.8, 4) is 0 Å². The second-order valence-electron chi connectivity index (χ2n) is 5.05. The second kappa shape index (κ2) is 7.34. The van der Waals surface area contributed by atoms with Crippen LogP contribution in [-0.2, 0) is 11.3 Å². The van der Waals surface area contributed by atoms with Crippen molar-refractivity contribution in [2.45, 2.75) is 13.5 Å². The standard InChI is InChI=1S/C18H14Cl2N2OS/c1-2-22-15-9-8-13(19)11-16(15)24-18(22)21-17(23)10-7-12-5-3-4-6-14(12)20/h3-11H,2H2,1H3. The number of fused-ring (bicyclic) bond motifs is 1. The summed E-state index contributed by atoms with van der Waals surface area (Å²) in [7, 11) is 0. The number of rotatable bonds is 3. The lowest BCUT2D eigenvalue weighted by Gasteiger charge is -1.99. The van der Waals surface area contributed by atoms with Gasteiger partial charge in [0.15, 0.2) is 4.80 Å². The molecule has 3 rings (SSSR count). The Bertz CT molecular complexity index is 1000. The van der Waals surface area contributed by atoms with Crippen molar-refractivity contribution in [1.29, 1.82) is 0 Å². The lowest BCUT2D eigenvalue weighted by Crippen LogP contribution is -2.15. The highest BCUT2D eigenvalue weighted by Crippen LogP contribution is 2.22. The molecule has 0 spiro atoms. The molecule has 3 nitrogen and oxygen atoms in total. The molecule has 0 aliphatic rings. The van der Waals surface area contributed by atoms with Gasteiger partial charge in [0.1, 0.15) is 0 Å². The highest BCUT2D eigenvalue weighted by molar-refractivity contribution is 7.16. The van der Waals surface area contributed by atoms with Crippen LogP contribution in [0, 0.1) is 0 Å². The summed E-state index contributed by atoms with van der Waals surface area (Å²) in [6.45, 7) is 2.74. The summed E-state index contributed by atoms with van der Waals surface area (Å²) >= 11 is 13.6. The van der Waals surface area contributed by atoms with Gasteiger partial charge in [0.05, 0.1) is 10.2 Å². The number of nitrogens with zero attached hydrogens (tertiary/aromatic N) is 2. The van der Waals surface area contributed by atoms with Crippen molar-refractivity contribution in [1.82, 2.24) is 4.57 Å². The largest absolute Gasteiger partial charge is 0.317 e. The molecule has 122 valence electrons. The molecule has 0 aliphatic carbocycles. The Morgan fingerprint density at radius 3 is 2.79 bits per heavy atom. The van der Waals surface area contributed by atoms with Crippen LogP contribution in [0.2, 0.25) is 10.0 Å². The zero-order valence-corrected chi connectivity index (χ0v) is 15.2. The van der Waals surface area contributed by atoms with E-state index in [1.165, 1.54) is 17.4 Å². The molecule has 0 radical (unpaired) electrons. The fraction of sp³-hybridized carbons (Fsp3) is 0.111. The lowest BCUT2D eigenvalue weighted by atomic mass is 10.2. The van der Waals surface area contributed by atoms with Crippen molar-refractivity contribution in [3.63, 3.8) is 0 Å². The Balaban J connectivity index is 1.97. The Hall–Kier alpha value is -1.88. The van der Waals surface area contributed by atoms with Gasteiger partial charge in [0.2, 0.25) is 0 Å². The summed E-state index contributed by atoms with van der Waals surface area (Å²) in [4.78, 5) is 17.0. The van der Waals surface area contributed by atoms with Gasteiger partial charge < -0.3 is 4.57 Å². The molecule has 0 saturated heterocycles. The molecule has 1 heterocycles. The Kier molecular flexibility index (Phi) is 5.19. The van der Waals surface area contributed by atoms with Crippen LogP contribution in [0.4, 0.5) is 0 Å². The second-order valence-corrected chi connectivity index (χ2v) is 6.90. The molecule has 0 aliphatic heterocycles. The first-order chi connectivity index (χ1) is 11.6. The van der Waals surface area contributed by atoms with Crippen molar-refractivity contribution >= 4 is 56.7 Å². The molecule has 0 unspecified atom stereocenters. The van der Waals surface area contributed by atoms with E-state index < -0.39 is 0 Å². The van der Waals surface area contributed by atoms with Gasteiger partial charge in [0.25, 0.3) is 5.91 Å². The molecule has 1 amide bonds. The van der Waals surface area contributed by atoms with E-state index in [0.29, 0.717) is 14.8 Å². The molecule has 0 fully saturated rings. The first-order valence-electron chi connectivity index (χ1n) is 7.38. The highest BCUT2D eigenvalue weighted by atomic mass is 35.5. The maximum Gasteiger partial charge on any atom is 0.272 e. The summed E-state index contributed by atoms with van der Waals surface area (Å²) in [5, 5.41) is 1.27. The molecular formula is C18H14Cl2N2OS. The molecule has 2 aromatic carbocycles. The molecule has 0 saturated carbocycles. The predicted molar refractivity (Wildman–Crippen MR) is 102 cm³/mol. The van der Waals surface area contributed by atoms with Crippen LogP contribution in [-0.4, -0.2) is 10.5 Å². The van der Waals surface area contributed by atoms with E-state index in [9.17, 15) is 4.79 Å². The van der Waals surface area contributed by atoms with Crippen LogP contribution in [0.25, 0.3) is 16.3 Å². The van der Waals surface area contributed by atoms with Gasteiger partial charge in [-0.3, -0.25) is 4.79 Å². The van der Waals surface area contributed by atoms with E-state index in [1.807, 2.05) is 47.9 Å². The van der Waals surface area contributed by atoms with Crippen molar-refractivity contribution in [3.05, 3.63) is 69.0 Å². The maximum absolute atomic E-state index is 12.2. The molecule has 0 N–H and O–H groups in total. The number of thiazole rings is 1. The van der Waals surface area contributed by atoms with Gasteiger partial charge in [-0.1, -0.05) is 52.7 Å². The fourth-order valence-corrected chi connectivity index (χ4v) is 3.92.